The van der Waals surface area contributed by atoms with E-state index < -0.39 is 0 Å². The van der Waals surface area contributed by atoms with E-state index in [9.17, 15) is 0 Å². The number of rotatable bonds is 10. The van der Waals surface area contributed by atoms with E-state index in [1.165, 1.54) is 6.42 Å². The number of methoxy groups -OCH3 is 1. The Kier molecular flexibility index (Phi) is 10.3. The molecule has 4 heteroatoms. The molecule has 0 aromatic rings. The summed E-state index contributed by atoms with van der Waals surface area (Å²) in [6, 6.07) is 0. The van der Waals surface area contributed by atoms with Crippen molar-refractivity contribution in [2.45, 2.75) is 6.42 Å². The van der Waals surface area contributed by atoms with Gasteiger partial charge in [0.25, 0.3) is 0 Å². The second kappa shape index (κ2) is 10.4. The highest BCUT2D eigenvalue weighted by molar-refractivity contribution is 4.55. The summed E-state index contributed by atoms with van der Waals surface area (Å²) in [6.45, 7) is 6.24. The van der Waals surface area contributed by atoms with E-state index in [0.717, 1.165) is 39.3 Å². The van der Waals surface area contributed by atoms with Gasteiger partial charge < -0.3 is 19.9 Å². The number of hydrogen-bond acceptors (Lipinski definition) is 4. The van der Waals surface area contributed by atoms with E-state index in [1.54, 1.807) is 7.11 Å². The summed E-state index contributed by atoms with van der Waals surface area (Å²) in [5, 5.41) is 3.44. The summed E-state index contributed by atoms with van der Waals surface area (Å²) >= 11 is 0. The van der Waals surface area contributed by atoms with Gasteiger partial charge in [-0.3, -0.25) is 0 Å². The number of nitrogens with one attached hydrogen (secondary N) is 1. The standard InChI is InChI=1S/C11H27N3O/c1-13(2)8-5-6-12-7-9-14(3)10-11-15-4/h12H,5-11H2,1-4H3. The zero-order valence-corrected chi connectivity index (χ0v) is 10.8. The fourth-order valence-corrected chi connectivity index (χ4v) is 1.27. The van der Waals surface area contributed by atoms with Crippen LogP contribution < -0.4 is 5.32 Å². The van der Waals surface area contributed by atoms with Gasteiger partial charge in [0.15, 0.2) is 0 Å². The topological polar surface area (TPSA) is 27.7 Å². The molecule has 0 aromatic heterocycles. The van der Waals surface area contributed by atoms with Crippen molar-refractivity contribution in [3.8, 4) is 0 Å². The molecule has 15 heavy (non-hydrogen) atoms. The predicted molar refractivity (Wildman–Crippen MR) is 65.4 cm³/mol. The number of nitrogens with zero attached hydrogens (tertiary/aromatic N) is 2. The van der Waals surface area contributed by atoms with Crippen molar-refractivity contribution < 1.29 is 4.74 Å². The fourth-order valence-electron chi connectivity index (χ4n) is 1.27. The SMILES string of the molecule is COCCN(C)CCNCCCN(C)C. The second-order valence-corrected chi connectivity index (χ2v) is 4.20. The molecule has 0 unspecified atom stereocenters. The zero-order valence-electron chi connectivity index (χ0n) is 10.8. The van der Waals surface area contributed by atoms with Crippen molar-refractivity contribution in [3.63, 3.8) is 0 Å². The Hall–Kier alpha value is -0.160. The Morgan fingerprint density at radius 3 is 2.33 bits per heavy atom. The maximum atomic E-state index is 5.02. The highest BCUT2D eigenvalue weighted by atomic mass is 16.5. The van der Waals surface area contributed by atoms with Crippen LogP contribution in [0.1, 0.15) is 6.42 Å². The minimum atomic E-state index is 0.817. The van der Waals surface area contributed by atoms with Crippen molar-refractivity contribution in [1.82, 2.24) is 15.1 Å². The molecule has 0 rings (SSSR count). The molecule has 4 nitrogen and oxygen atoms in total. The van der Waals surface area contributed by atoms with Crippen molar-refractivity contribution in [2.24, 2.45) is 0 Å². The lowest BCUT2D eigenvalue weighted by atomic mass is 10.4. The van der Waals surface area contributed by atoms with E-state index in [1.807, 2.05) is 0 Å². The van der Waals surface area contributed by atoms with Crippen LogP contribution >= 0.6 is 0 Å². The third kappa shape index (κ3) is 11.8. The molecule has 0 heterocycles. The second-order valence-electron chi connectivity index (χ2n) is 4.20. The van der Waals surface area contributed by atoms with Crippen LogP contribution in [0, 0.1) is 0 Å². The van der Waals surface area contributed by atoms with Gasteiger partial charge in [-0.05, 0) is 40.7 Å². The molecule has 0 saturated carbocycles. The first kappa shape index (κ1) is 14.8. The van der Waals surface area contributed by atoms with Crippen molar-refractivity contribution in [2.75, 3.05) is 67.6 Å². The van der Waals surface area contributed by atoms with Gasteiger partial charge in [0.1, 0.15) is 0 Å². The Labute approximate surface area is 94.6 Å². The molecular formula is C11H27N3O. The maximum Gasteiger partial charge on any atom is 0.0589 e. The van der Waals surface area contributed by atoms with Crippen molar-refractivity contribution in [1.29, 1.82) is 0 Å². The Morgan fingerprint density at radius 2 is 1.73 bits per heavy atom. The average molecular weight is 217 g/mol. The molecule has 0 saturated heterocycles. The summed E-state index contributed by atoms with van der Waals surface area (Å²) in [6.07, 6.45) is 1.22. The highest BCUT2D eigenvalue weighted by Crippen LogP contribution is 1.83. The number of hydrogen-bond donors (Lipinski definition) is 1. The summed E-state index contributed by atoms with van der Waals surface area (Å²) in [4.78, 5) is 4.49. The highest BCUT2D eigenvalue weighted by Gasteiger charge is 1.96. The lowest BCUT2D eigenvalue weighted by Gasteiger charge is -2.16. The van der Waals surface area contributed by atoms with Gasteiger partial charge in [0.2, 0.25) is 0 Å². The van der Waals surface area contributed by atoms with Gasteiger partial charge in [0.05, 0.1) is 6.61 Å². The normalized spacial score (nSPS) is 11.6. The Morgan fingerprint density at radius 1 is 1.00 bits per heavy atom. The quantitative estimate of drug-likeness (QED) is 0.526. The van der Waals surface area contributed by atoms with E-state index in [4.69, 9.17) is 4.74 Å². The predicted octanol–water partition coefficient (Wildman–Crippen LogP) is 0.106. The lowest BCUT2D eigenvalue weighted by molar-refractivity contribution is 0.161. The lowest BCUT2D eigenvalue weighted by Crippen LogP contribution is -2.32. The van der Waals surface area contributed by atoms with Gasteiger partial charge in [-0.25, -0.2) is 0 Å². The molecule has 0 aliphatic carbocycles. The van der Waals surface area contributed by atoms with Crippen molar-refractivity contribution >= 4 is 0 Å². The molecule has 1 N–H and O–H groups in total. The number of likely N-dealkylation sites (N-methyl/N-ethyl adjacent to an activating group) is 1. The zero-order chi connectivity index (χ0) is 11.5. The molecule has 0 aromatic carbocycles. The first-order valence-corrected chi connectivity index (χ1v) is 5.69. The summed E-state index contributed by atoms with van der Waals surface area (Å²) in [5.41, 5.74) is 0. The van der Waals surface area contributed by atoms with Gasteiger partial charge in [0, 0.05) is 26.7 Å². The van der Waals surface area contributed by atoms with Crippen LogP contribution in [-0.2, 0) is 4.74 Å². The molecule has 0 aliphatic heterocycles. The first-order valence-electron chi connectivity index (χ1n) is 5.69. The molecular weight excluding hydrogens is 190 g/mol. The van der Waals surface area contributed by atoms with E-state index in [2.05, 4.69) is 36.3 Å². The van der Waals surface area contributed by atoms with Gasteiger partial charge >= 0.3 is 0 Å². The molecule has 0 bridgehead atoms. The molecule has 0 atom stereocenters. The number of ether oxygens (including phenoxy) is 1. The first-order chi connectivity index (χ1) is 7.16. The third-order valence-corrected chi connectivity index (χ3v) is 2.31. The van der Waals surface area contributed by atoms with Crippen LogP contribution in [0.15, 0.2) is 0 Å². The monoisotopic (exact) mass is 217 g/mol. The van der Waals surface area contributed by atoms with Crippen LogP contribution in [0.3, 0.4) is 0 Å². The molecule has 0 aliphatic rings. The summed E-state index contributed by atoms with van der Waals surface area (Å²) in [5.74, 6) is 0. The van der Waals surface area contributed by atoms with E-state index in [-0.39, 0.29) is 0 Å². The molecule has 0 amide bonds. The third-order valence-electron chi connectivity index (χ3n) is 2.31. The largest absolute Gasteiger partial charge is 0.383 e. The molecule has 92 valence electrons. The molecule has 0 spiro atoms. The summed E-state index contributed by atoms with van der Waals surface area (Å²) in [7, 11) is 8.09. The van der Waals surface area contributed by atoms with Gasteiger partial charge in [-0.1, -0.05) is 0 Å². The van der Waals surface area contributed by atoms with Crippen LogP contribution in [0.4, 0.5) is 0 Å². The minimum Gasteiger partial charge on any atom is -0.383 e. The Balaban J connectivity index is 3.09. The smallest absolute Gasteiger partial charge is 0.0589 e. The van der Waals surface area contributed by atoms with Crippen LogP contribution in [-0.4, -0.2) is 77.4 Å². The van der Waals surface area contributed by atoms with Crippen LogP contribution in [0.25, 0.3) is 0 Å². The average Bonchev–Trinajstić information content (AvgIpc) is 2.19. The molecule has 0 fully saturated rings. The van der Waals surface area contributed by atoms with E-state index >= 15 is 0 Å². The maximum absolute atomic E-state index is 5.02. The Bertz CT molecular complexity index is 131. The van der Waals surface area contributed by atoms with Crippen LogP contribution in [0.2, 0.25) is 0 Å². The fraction of sp³-hybridized carbons (Fsp3) is 1.00. The van der Waals surface area contributed by atoms with Crippen molar-refractivity contribution in [3.05, 3.63) is 0 Å². The molecule has 0 radical (unpaired) electrons. The van der Waals surface area contributed by atoms with Gasteiger partial charge in [-0.2, -0.15) is 0 Å². The summed E-state index contributed by atoms with van der Waals surface area (Å²) < 4.78 is 5.02. The minimum absolute atomic E-state index is 0.817. The van der Waals surface area contributed by atoms with Crippen LogP contribution in [0.5, 0.6) is 0 Å². The van der Waals surface area contributed by atoms with E-state index in [0.29, 0.717) is 0 Å². The van der Waals surface area contributed by atoms with Gasteiger partial charge in [-0.15, -0.1) is 0 Å².